The third kappa shape index (κ3) is 2.27. The fraction of sp³-hybridized carbons (Fsp3) is 0.250. The molecule has 1 N–H and O–H groups in total. The van der Waals surface area contributed by atoms with E-state index in [-0.39, 0.29) is 6.04 Å². The van der Waals surface area contributed by atoms with Crippen LogP contribution >= 0.6 is 22.6 Å². The molecule has 0 amide bonds. The molecule has 0 spiro atoms. The second-order valence-electron chi connectivity index (χ2n) is 3.67. The largest absolute Gasteiger partial charge is 0.336 e. The van der Waals surface area contributed by atoms with Gasteiger partial charge in [-0.2, -0.15) is 0 Å². The van der Waals surface area contributed by atoms with Crippen LogP contribution in [0, 0.1) is 3.57 Å². The molecule has 16 heavy (non-hydrogen) atoms. The zero-order chi connectivity index (χ0) is 11.5. The number of aryl methyl sites for hydroxylation is 1. The van der Waals surface area contributed by atoms with Crippen LogP contribution in [0.3, 0.4) is 0 Å². The van der Waals surface area contributed by atoms with E-state index in [4.69, 9.17) is 0 Å². The summed E-state index contributed by atoms with van der Waals surface area (Å²) in [7, 11) is 3.97. The highest BCUT2D eigenvalue weighted by Gasteiger charge is 2.15. The Morgan fingerprint density at radius 3 is 2.81 bits per heavy atom. The van der Waals surface area contributed by atoms with Gasteiger partial charge >= 0.3 is 0 Å². The molecule has 0 aliphatic carbocycles. The second kappa shape index (κ2) is 4.97. The van der Waals surface area contributed by atoms with Crippen molar-refractivity contribution < 1.29 is 0 Å². The van der Waals surface area contributed by atoms with Crippen LogP contribution in [0.4, 0.5) is 0 Å². The van der Waals surface area contributed by atoms with Crippen molar-refractivity contribution in [2.24, 2.45) is 7.05 Å². The van der Waals surface area contributed by atoms with Crippen LogP contribution in [0.2, 0.25) is 0 Å². The van der Waals surface area contributed by atoms with Gasteiger partial charge in [0.2, 0.25) is 0 Å². The molecular formula is C12H14IN3. The van der Waals surface area contributed by atoms with Crippen molar-refractivity contribution in [1.29, 1.82) is 0 Å². The number of hydrogen-bond acceptors (Lipinski definition) is 2. The van der Waals surface area contributed by atoms with Gasteiger partial charge in [-0.15, -0.1) is 0 Å². The van der Waals surface area contributed by atoms with Crippen molar-refractivity contribution >= 4 is 22.6 Å². The number of benzene rings is 1. The molecule has 1 aromatic heterocycles. The van der Waals surface area contributed by atoms with E-state index in [1.54, 1.807) is 0 Å². The topological polar surface area (TPSA) is 29.9 Å². The summed E-state index contributed by atoms with van der Waals surface area (Å²) < 4.78 is 3.28. The summed E-state index contributed by atoms with van der Waals surface area (Å²) in [6.07, 6.45) is 3.79. The summed E-state index contributed by atoms with van der Waals surface area (Å²) in [5.74, 6) is 1.03. The van der Waals surface area contributed by atoms with Gasteiger partial charge in [0, 0.05) is 23.0 Å². The van der Waals surface area contributed by atoms with Gasteiger partial charge in [-0.3, -0.25) is 0 Å². The van der Waals surface area contributed by atoms with Crippen molar-refractivity contribution in [3.8, 4) is 0 Å². The number of imidazole rings is 1. The minimum atomic E-state index is 0.148. The molecular weight excluding hydrogens is 313 g/mol. The lowest BCUT2D eigenvalue weighted by Crippen LogP contribution is -2.21. The number of hydrogen-bond donors (Lipinski definition) is 1. The smallest absolute Gasteiger partial charge is 0.130 e. The first kappa shape index (κ1) is 11.6. The molecule has 0 aliphatic rings. The molecule has 1 unspecified atom stereocenters. The molecule has 1 heterocycles. The van der Waals surface area contributed by atoms with E-state index in [9.17, 15) is 0 Å². The lowest BCUT2D eigenvalue weighted by molar-refractivity contribution is 0.617. The van der Waals surface area contributed by atoms with Gasteiger partial charge in [0.15, 0.2) is 0 Å². The average molecular weight is 327 g/mol. The van der Waals surface area contributed by atoms with Crippen LogP contribution in [0.5, 0.6) is 0 Å². The first-order chi connectivity index (χ1) is 7.72. The monoisotopic (exact) mass is 327 g/mol. The predicted molar refractivity (Wildman–Crippen MR) is 73.3 cm³/mol. The molecule has 4 heteroatoms. The number of nitrogens with one attached hydrogen (secondary N) is 1. The zero-order valence-corrected chi connectivity index (χ0v) is 11.5. The lowest BCUT2D eigenvalue weighted by Gasteiger charge is -2.16. The van der Waals surface area contributed by atoms with E-state index in [2.05, 4.69) is 57.2 Å². The van der Waals surface area contributed by atoms with E-state index >= 15 is 0 Å². The number of halogens is 1. The minimum absolute atomic E-state index is 0.148. The normalized spacial score (nSPS) is 12.7. The van der Waals surface area contributed by atoms with Crippen molar-refractivity contribution in [3.05, 3.63) is 51.6 Å². The molecule has 3 nitrogen and oxygen atoms in total. The molecule has 0 saturated carbocycles. The number of aromatic nitrogens is 2. The quantitative estimate of drug-likeness (QED) is 0.877. The van der Waals surface area contributed by atoms with E-state index in [0.717, 1.165) is 5.82 Å². The van der Waals surface area contributed by atoms with Crippen molar-refractivity contribution in [2.45, 2.75) is 6.04 Å². The van der Waals surface area contributed by atoms with Crippen LogP contribution in [0.1, 0.15) is 17.4 Å². The molecule has 0 bridgehead atoms. The first-order valence-electron chi connectivity index (χ1n) is 5.12. The first-order valence-corrected chi connectivity index (χ1v) is 6.20. The minimum Gasteiger partial charge on any atom is -0.336 e. The van der Waals surface area contributed by atoms with E-state index < -0.39 is 0 Å². The van der Waals surface area contributed by atoms with Crippen LogP contribution in [-0.4, -0.2) is 16.6 Å². The molecule has 0 radical (unpaired) electrons. The SMILES string of the molecule is CNC(c1cccc(I)c1)c1nccn1C. The lowest BCUT2D eigenvalue weighted by atomic mass is 10.1. The van der Waals surface area contributed by atoms with E-state index in [1.807, 2.05) is 31.1 Å². The van der Waals surface area contributed by atoms with Gasteiger partial charge in [-0.25, -0.2) is 4.98 Å². The zero-order valence-electron chi connectivity index (χ0n) is 9.31. The highest BCUT2D eigenvalue weighted by molar-refractivity contribution is 14.1. The Bertz CT molecular complexity index is 479. The Morgan fingerprint density at radius 2 is 2.25 bits per heavy atom. The van der Waals surface area contributed by atoms with Crippen LogP contribution in [0.25, 0.3) is 0 Å². The van der Waals surface area contributed by atoms with Gasteiger partial charge in [0.25, 0.3) is 0 Å². The summed E-state index contributed by atoms with van der Waals surface area (Å²) >= 11 is 2.33. The van der Waals surface area contributed by atoms with Gasteiger partial charge < -0.3 is 9.88 Å². The average Bonchev–Trinajstić information content (AvgIpc) is 2.67. The maximum atomic E-state index is 4.39. The fourth-order valence-electron chi connectivity index (χ4n) is 1.79. The maximum absolute atomic E-state index is 4.39. The standard InChI is InChI=1S/C12H14IN3/c1-14-11(12-15-6-7-16(12)2)9-4-3-5-10(13)8-9/h3-8,11,14H,1-2H3. The van der Waals surface area contributed by atoms with Gasteiger partial charge in [0.1, 0.15) is 5.82 Å². The maximum Gasteiger partial charge on any atom is 0.130 e. The van der Waals surface area contributed by atoms with E-state index in [0.29, 0.717) is 0 Å². The third-order valence-electron chi connectivity index (χ3n) is 2.59. The molecule has 0 saturated heterocycles. The van der Waals surface area contributed by atoms with Crippen molar-refractivity contribution in [3.63, 3.8) is 0 Å². The van der Waals surface area contributed by atoms with Crippen LogP contribution < -0.4 is 5.32 Å². The summed E-state index contributed by atoms with van der Waals surface area (Å²) in [4.78, 5) is 4.39. The number of rotatable bonds is 3. The molecule has 2 aromatic rings. The molecule has 0 aliphatic heterocycles. The van der Waals surface area contributed by atoms with Crippen LogP contribution in [-0.2, 0) is 7.05 Å². The van der Waals surface area contributed by atoms with E-state index in [1.165, 1.54) is 9.13 Å². The Hall–Kier alpha value is -0.880. The highest BCUT2D eigenvalue weighted by atomic mass is 127. The van der Waals surface area contributed by atoms with Crippen molar-refractivity contribution in [2.75, 3.05) is 7.05 Å². The molecule has 1 atom stereocenters. The van der Waals surface area contributed by atoms with Gasteiger partial charge in [-0.05, 0) is 47.3 Å². The van der Waals surface area contributed by atoms with Crippen molar-refractivity contribution in [1.82, 2.24) is 14.9 Å². The Labute approximate surface area is 109 Å². The van der Waals surface area contributed by atoms with Crippen LogP contribution in [0.15, 0.2) is 36.7 Å². The summed E-state index contributed by atoms with van der Waals surface area (Å²) in [5, 5.41) is 3.30. The van der Waals surface area contributed by atoms with Gasteiger partial charge in [0.05, 0.1) is 6.04 Å². The Morgan fingerprint density at radius 1 is 1.44 bits per heavy atom. The Balaban J connectivity index is 2.40. The fourth-order valence-corrected chi connectivity index (χ4v) is 2.35. The molecule has 1 aromatic carbocycles. The van der Waals surface area contributed by atoms with Gasteiger partial charge in [-0.1, -0.05) is 12.1 Å². The Kier molecular flexibility index (Phi) is 3.60. The molecule has 84 valence electrons. The summed E-state index contributed by atoms with van der Waals surface area (Å²) in [6.45, 7) is 0. The third-order valence-corrected chi connectivity index (χ3v) is 3.26. The molecule has 0 fully saturated rings. The summed E-state index contributed by atoms with van der Waals surface area (Å²) in [5.41, 5.74) is 1.24. The second-order valence-corrected chi connectivity index (χ2v) is 4.92. The highest BCUT2D eigenvalue weighted by Crippen LogP contribution is 2.21. The summed E-state index contributed by atoms with van der Waals surface area (Å²) in [6, 6.07) is 8.61. The number of nitrogens with zero attached hydrogens (tertiary/aromatic N) is 2. The molecule has 2 rings (SSSR count). The predicted octanol–water partition coefficient (Wildman–Crippen LogP) is 2.33.